The lowest BCUT2D eigenvalue weighted by Crippen LogP contribution is -2.17. The lowest BCUT2D eigenvalue weighted by Gasteiger charge is -2.11. The number of furan rings is 1. The summed E-state index contributed by atoms with van der Waals surface area (Å²) in [5.74, 6) is 3.52. The Hall–Kier alpha value is -2.74. The monoisotopic (exact) mass is 343 g/mol. The van der Waals surface area contributed by atoms with E-state index in [-0.39, 0.29) is 5.92 Å². The molecule has 3 aromatic heterocycles. The molecule has 132 valence electrons. The van der Waals surface area contributed by atoms with Crippen molar-refractivity contribution in [2.24, 2.45) is 0 Å². The summed E-state index contributed by atoms with van der Waals surface area (Å²) in [4.78, 5) is 6.42. The number of hydrogen-bond acceptors (Lipinski definition) is 8. The predicted molar refractivity (Wildman–Crippen MR) is 89.8 cm³/mol. The molecule has 3 rings (SSSR count). The van der Waals surface area contributed by atoms with Crippen molar-refractivity contribution in [2.45, 2.75) is 32.9 Å². The summed E-state index contributed by atoms with van der Waals surface area (Å²) >= 11 is 0. The van der Waals surface area contributed by atoms with Gasteiger partial charge in [-0.15, -0.1) is 10.2 Å². The second-order valence-corrected chi connectivity index (χ2v) is 6.10. The smallest absolute Gasteiger partial charge is 0.240 e. The van der Waals surface area contributed by atoms with Gasteiger partial charge in [0.25, 0.3) is 0 Å². The number of nitrogens with zero attached hydrogens (tertiary/aromatic N) is 5. The molecule has 0 N–H and O–H groups in total. The van der Waals surface area contributed by atoms with Gasteiger partial charge in [0, 0.05) is 12.0 Å². The van der Waals surface area contributed by atoms with Crippen molar-refractivity contribution in [3.8, 4) is 17.3 Å². The Balaban J connectivity index is 1.61. The lowest BCUT2D eigenvalue weighted by molar-refractivity contribution is 0.244. The molecule has 0 aliphatic carbocycles. The van der Waals surface area contributed by atoms with E-state index in [9.17, 15) is 0 Å². The maximum absolute atomic E-state index is 5.84. The van der Waals surface area contributed by atoms with Gasteiger partial charge in [0.05, 0.1) is 20.2 Å². The predicted octanol–water partition coefficient (Wildman–Crippen LogP) is 2.88. The fourth-order valence-electron chi connectivity index (χ4n) is 2.28. The van der Waals surface area contributed by atoms with Crippen LogP contribution in [-0.2, 0) is 13.1 Å². The zero-order valence-corrected chi connectivity index (χ0v) is 14.8. The van der Waals surface area contributed by atoms with Crippen LogP contribution >= 0.6 is 0 Å². The summed E-state index contributed by atoms with van der Waals surface area (Å²) in [6.45, 7) is 5.23. The van der Waals surface area contributed by atoms with E-state index in [1.165, 1.54) is 0 Å². The maximum Gasteiger partial charge on any atom is 0.240 e. The molecule has 25 heavy (non-hydrogen) atoms. The van der Waals surface area contributed by atoms with Gasteiger partial charge < -0.3 is 13.7 Å². The minimum atomic E-state index is 0.251. The van der Waals surface area contributed by atoms with Gasteiger partial charge in [-0.2, -0.15) is 4.98 Å². The Labute approximate surface area is 145 Å². The van der Waals surface area contributed by atoms with E-state index < -0.39 is 0 Å². The first-order valence-corrected chi connectivity index (χ1v) is 8.03. The van der Waals surface area contributed by atoms with Crippen molar-refractivity contribution >= 4 is 0 Å². The summed E-state index contributed by atoms with van der Waals surface area (Å²) in [7, 11) is 3.52. The Morgan fingerprint density at radius 2 is 1.96 bits per heavy atom. The first-order valence-electron chi connectivity index (χ1n) is 8.03. The average Bonchev–Trinajstić information content (AvgIpc) is 3.24. The van der Waals surface area contributed by atoms with Crippen LogP contribution in [0.5, 0.6) is 5.88 Å². The van der Waals surface area contributed by atoms with Gasteiger partial charge in [-0.05, 0) is 25.2 Å². The van der Waals surface area contributed by atoms with E-state index in [2.05, 4.69) is 20.3 Å². The molecule has 8 heteroatoms. The first-order chi connectivity index (χ1) is 12.0. The van der Waals surface area contributed by atoms with E-state index in [0.717, 1.165) is 11.6 Å². The van der Waals surface area contributed by atoms with Crippen molar-refractivity contribution in [1.82, 2.24) is 25.2 Å². The molecule has 0 atom stereocenters. The van der Waals surface area contributed by atoms with E-state index in [1.807, 2.05) is 44.0 Å². The third-order valence-corrected chi connectivity index (χ3v) is 3.59. The molecule has 0 aliphatic rings. The molecule has 0 fully saturated rings. The first kappa shape index (κ1) is 17.1. The van der Waals surface area contributed by atoms with Gasteiger partial charge in [0.15, 0.2) is 11.6 Å². The molecule has 0 radical (unpaired) electrons. The van der Waals surface area contributed by atoms with Crippen molar-refractivity contribution in [3.63, 3.8) is 0 Å². The molecule has 0 saturated heterocycles. The molecule has 8 nitrogen and oxygen atoms in total. The zero-order chi connectivity index (χ0) is 17.8. The number of methoxy groups -OCH3 is 1. The highest BCUT2D eigenvalue weighted by Crippen LogP contribution is 2.21. The summed E-state index contributed by atoms with van der Waals surface area (Å²) in [5.41, 5.74) is 0.660. The number of hydrogen-bond donors (Lipinski definition) is 0. The number of aromatic nitrogens is 4. The zero-order valence-electron chi connectivity index (χ0n) is 14.8. The van der Waals surface area contributed by atoms with E-state index in [1.54, 1.807) is 13.2 Å². The van der Waals surface area contributed by atoms with Crippen LogP contribution in [0.2, 0.25) is 0 Å². The second-order valence-electron chi connectivity index (χ2n) is 6.10. The van der Waals surface area contributed by atoms with Gasteiger partial charge in [0.2, 0.25) is 11.8 Å². The largest absolute Gasteiger partial charge is 0.480 e. The Kier molecular flexibility index (Phi) is 5.08. The van der Waals surface area contributed by atoms with E-state index >= 15 is 0 Å². The van der Waals surface area contributed by atoms with Gasteiger partial charge in [-0.25, -0.2) is 0 Å². The van der Waals surface area contributed by atoms with Crippen LogP contribution in [0.15, 0.2) is 33.2 Å². The molecule has 0 aromatic carbocycles. The minimum Gasteiger partial charge on any atom is -0.480 e. The van der Waals surface area contributed by atoms with Gasteiger partial charge >= 0.3 is 0 Å². The van der Waals surface area contributed by atoms with Crippen LogP contribution < -0.4 is 4.74 Å². The van der Waals surface area contributed by atoms with Gasteiger partial charge in [0.1, 0.15) is 11.5 Å². The molecule has 0 saturated carbocycles. The Morgan fingerprint density at radius 3 is 2.60 bits per heavy atom. The molecule has 0 aliphatic heterocycles. The molecular weight excluding hydrogens is 322 g/mol. The van der Waals surface area contributed by atoms with Crippen LogP contribution in [0.1, 0.15) is 37.2 Å². The maximum atomic E-state index is 5.84. The Bertz CT molecular complexity index is 810. The minimum absolute atomic E-state index is 0.251. The topological polar surface area (TPSA) is 90.3 Å². The number of rotatable bonds is 7. The molecule has 0 spiro atoms. The molecule has 0 unspecified atom stereocenters. The quantitative estimate of drug-likeness (QED) is 0.647. The summed E-state index contributed by atoms with van der Waals surface area (Å²) < 4.78 is 16.1. The third kappa shape index (κ3) is 4.21. The average molecular weight is 343 g/mol. The van der Waals surface area contributed by atoms with Gasteiger partial charge in [-0.1, -0.05) is 19.0 Å². The highest BCUT2D eigenvalue weighted by atomic mass is 16.5. The van der Waals surface area contributed by atoms with Gasteiger partial charge in [-0.3, -0.25) is 4.90 Å². The van der Waals surface area contributed by atoms with Crippen LogP contribution in [-0.4, -0.2) is 39.4 Å². The normalized spacial score (nSPS) is 11.4. The van der Waals surface area contributed by atoms with E-state index in [4.69, 9.17) is 13.7 Å². The summed E-state index contributed by atoms with van der Waals surface area (Å²) in [6.07, 6.45) is 0. The third-order valence-electron chi connectivity index (χ3n) is 3.59. The fourth-order valence-corrected chi connectivity index (χ4v) is 2.28. The molecular formula is C17H21N5O3. The van der Waals surface area contributed by atoms with Crippen LogP contribution in [0.25, 0.3) is 11.5 Å². The fraction of sp³-hybridized carbons (Fsp3) is 0.412. The molecule has 3 aromatic rings. The van der Waals surface area contributed by atoms with E-state index in [0.29, 0.717) is 36.3 Å². The van der Waals surface area contributed by atoms with Crippen molar-refractivity contribution in [1.29, 1.82) is 0 Å². The van der Waals surface area contributed by atoms with Crippen molar-refractivity contribution in [2.75, 3.05) is 14.2 Å². The molecule has 0 bridgehead atoms. The van der Waals surface area contributed by atoms with Crippen molar-refractivity contribution in [3.05, 3.63) is 41.7 Å². The highest BCUT2D eigenvalue weighted by molar-refractivity contribution is 5.51. The van der Waals surface area contributed by atoms with Crippen LogP contribution in [0, 0.1) is 0 Å². The second kappa shape index (κ2) is 7.43. The standard InChI is InChI=1S/C17H21N5O3/c1-11(2)17-18-16(25-21-17)10-22(3)9-12-5-7-14(24-12)13-6-8-15(23-4)20-19-13/h5-8,11H,9-10H2,1-4H3. The molecule has 3 heterocycles. The number of ether oxygens (including phenoxy) is 1. The molecule has 0 amide bonds. The highest BCUT2D eigenvalue weighted by Gasteiger charge is 2.13. The SMILES string of the molecule is COc1ccc(-c2ccc(CN(C)Cc3nc(C(C)C)no3)o2)nn1. The summed E-state index contributed by atoms with van der Waals surface area (Å²) in [5, 5.41) is 12.0. The van der Waals surface area contributed by atoms with Crippen LogP contribution in [0.3, 0.4) is 0 Å². The Morgan fingerprint density at radius 1 is 1.12 bits per heavy atom. The lowest BCUT2D eigenvalue weighted by atomic mass is 10.2. The summed E-state index contributed by atoms with van der Waals surface area (Å²) in [6, 6.07) is 7.36. The van der Waals surface area contributed by atoms with Crippen molar-refractivity contribution < 1.29 is 13.7 Å². The van der Waals surface area contributed by atoms with Crippen LogP contribution in [0.4, 0.5) is 0 Å².